The molecule has 2 aromatic carbocycles. The van der Waals surface area contributed by atoms with Gasteiger partial charge < -0.3 is 0 Å². The predicted molar refractivity (Wildman–Crippen MR) is 78.8 cm³/mol. The van der Waals surface area contributed by atoms with Gasteiger partial charge in [0.15, 0.2) is 5.82 Å². The summed E-state index contributed by atoms with van der Waals surface area (Å²) in [6.45, 7) is 2.08. The normalized spacial score (nSPS) is 11.6. The fourth-order valence-corrected chi connectivity index (χ4v) is 2.04. The molecule has 0 radical (unpaired) electrons. The van der Waals surface area contributed by atoms with Crippen molar-refractivity contribution in [2.75, 3.05) is 0 Å². The van der Waals surface area contributed by atoms with Crippen LogP contribution in [0.2, 0.25) is 0 Å². The summed E-state index contributed by atoms with van der Waals surface area (Å²) in [6, 6.07) is 18.6. The van der Waals surface area contributed by atoms with Crippen LogP contribution in [0.5, 0.6) is 0 Å². The van der Waals surface area contributed by atoms with Crippen molar-refractivity contribution in [1.82, 2.24) is 20.6 Å². The monoisotopic (exact) mass is 262 g/mol. The second kappa shape index (κ2) is 5.48. The fourth-order valence-electron chi connectivity index (χ4n) is 2.04. The highest BCUT2D eigenvalue weighted by Gasteiger charge is 2.06. The minimum absolute atomic E-state index is 0.574. The Morgan fingerprint density at radius 1 is 0.950 bits per heavy atom. The number of nitrogens with one attached hydrogen (secondary N) is 1. The average Bonchev–Trinajstić information content (AvgIpc) is 3.00. The molecule has 3 rings (SSSR count). The summed E-state index contributed by atoms with van der Waals surface area (Å²) in [6.07, 6.45) is 1.93. The summed E-state index contributed by atoms with van der Waals surface area (Å²) in [5.41, 5.74) is 4.57. The SMILES string of the molecule is Cc1ccc(C(=Cc2nn[nH]n2)c2ccccc2)cc1. The van der Waals surface area contributed by atoms with Crippen molar-refractivity contribution in [2.24, 2.45) is 0 Å². The summed E-state index contributed by atoms with van der Waals surface area (Å²) in [7, 11) is 0. The number of hydrogen-bond acceptors (Lipinski definition) is 3. The van der Waals surface area contributed by atoms with Crippen LogP contribution in [0.4, 0.5) is 0 Å². The summed E-state index contributed by atoms with van der Waals surface area (Å²) < 4.78 is 0. The quantitative estimate of drug-likeness (QED) is 0.789. The molecule has 0 aliphatic heterocycles. The highest BCUT2D eigenvalue weighted by atomic mass is 15.5. The van der Waals surface area contributed by atoms with E-state index < -0.39 is 0 Å². The molecule has 0 aliphatic carbocycles. The van der Waals surface area contributed by atoms with Gasteiger partial charge in [0.25, 0.3) is 0 Å². The van der Waals surface area contributed by atoms with E-state index in [1.165, 1.54) is 5.56 Å². The molecule has 4 nitrogen and oxygen atoms in total. The first-order chi connectivity index (χ1) is 9.83. The number of nitrogens with zero attached hydrogens (tertiary/aromatic N) is 3. The van der Waals surface area contributed by atoms with Gasteiger partial charge in [-0.2, -0.15) is 5.21 Å². The van der Waals surface area contributed by atoms with Gasteiger partial charge in [-0.25, -0.2) is 0 Å². The number of aromatic amines is 1. The molecule has 0 aliphatic rings. The Balaban J connectivity index is 2.11. The van der Waals surface area contributed by atoms with Crippen molar-refractivity contribution in [2.45, 2.75) is 6.92 Å². The Morgan fingerprint density at radius 3 is 2.30 bits per heavy atom. The number of aromatic nitrogens is 4. The van der Waals surface area contributed by atoms with E-state index >= 15 is 0 Å². The lowest BCUT2D eigenvalue weighted by atomic mass is 9.97. The predicted octanol–water partition coefficient (Wildman–Crippen LogP) is 3.10. The molecule has 0 fully saturated rings. The van der Waals surface area contributed by atoms with Crippen molar-refractivity contribution in [1.29, 1.82) is 0 Å². The Kier molecular flexibility index (Phi) is 3.37. The van der Waals surface area contributed by atoms with Crippen LogP contribution in [0.1, 0.15) is 22.5 Å². The van der Waals surface area contributed by atoms with Crippen LogP contribution in [-0.4, -0.2) is 20.6 Å². The van der Waals surface area contributed by atoms with Crippen LogP contribution >= 0.6 is 0 Å². The molecule has 0 spiro atoms. The molecule has 0 saturated carbocycles. The van der Waals surface area contributed by atoms with Crippen LogP contribution in [0, 0.1) is 6.92 Å². The zero-order chi connectivity index (χ0) is 13.8. The minimum Gasteiger partial charge on any atom is -0.177 e. The number of benzene rings is 2. The first-order valence-corrected chi connectivity index (χ1v) is 6.40. The van der Waals surface area contributed by atoms with E-state index in [0.29, 0.717) is 5.82 Å². The van der Waals surface area contributed by atoms with Gasteiger partial charge in [-0.05, 0) is 34.9 Å². The zero-order valence-corrected chi connectivity index (χ0v) is 11.1. The molecular weight excluding hydrogens is 248 g/mol. The van der Waals surface area contributed by atoms with E-state index in [1.54, 1.807) is 0 Å². The zero-order valence-electron chi connectivity index (χ0n) is 11.1. The largest absolute Gasteiger partial charge is 0.198 e. The van der Waals surface area contributed by atoms with Crippen molar-refractivity contribution in [3.63, 3.8) is 0 Å². The van der Waals surface area contributed by atoms with Crippen LogP contribution in [0.15, 0.2) is 54.6 Å². The smallest absolute Gasteiger partial charge is 0.177 e. The van der Waals surface area contributed by atoms with Gasteiger partial charge in [0, 0.05) is 0 Å². The summed E-state index contributed by atoms with van der Waals surface area (Å²) in [5, 5.41) is 14.1. The summed E-state index contributed by atoms with van der Waals surface area (Å²) in [4.78, 5) is 0. The number of aryl methyl sites for hydroxylation is 1. The molecule has 20 heavy (non-hydrogen) atoms. The molecule has 0 unspecified atom stereocenters. The molecule has 0 bridgehead atoms. The van der Waals surface area contributed by atoms with E-state index in [-0.39, 0.29) is 0 Å². The van der Waals surface area contributed by atoms with E-state index in [1.807, 2.05) is 24.3 Å². The maximum Gasteiger partial charge on any atom is 0.198 e. The van der Waals surface area contributed by atoms with E-state index in [2.05, 4.69) is 63.9 Å². The number of tetrazole rings is 1. The molecule has 0 atom stereocenters. The standard InChI is InChI=1S/C16H14N4/c1-12-7-9-14(10-8-12)15(11-16-17-19-20-18-16)13-5-3-2-4-6-13/h2-11H,1H3,(H,17,18,19,20). The molecule has 1 heterocycles. The van der Waals surface area contributed by atoms with Crippen molar-refractivity contribution in [3.05, 3.63) is 77.1 Å². The molecule has 0 saturated heterocycles. The molecule has 4 heteroatoms. The van der Waals surface area contributed by atoms with Crippen LogP contribution in [0.25, 0.3) is 11.6 Å². The van der Waals surface area contributed by atoms with Crippen LogP contribution in [0.3, 0.4) is 0 Å². The Morgan fingerprint density at radius 2 is 1.65 bits per heavy atom. The van der Waals surface area contributed by atoms with Gasteiger partial charge in [0.05, 0.1) is 0 Å². The van der Waals surface area contributed by atoms with Gasteiger partial charge in [-0.15, -0.1) is 10.2 Å². The average molecular weight is 262 g/mol. The molecule has 98 valence electrons. The second-order valence-corrected chi connectivity index (χ2v) is 4.56. The van der Waals surface area contributed by atoms with Crippen molar-refractivity contribution in [3.8, 4) is 0 Å². The maximum atomic E-state index is 4.00. The number of H-pyrrole nitrogens is 1. The molecule has 0 amide bonds. The third-order valence-corrected chi connectivity index (χ3v) is 3.08. The molecule has 3 aromatic rings. The third kappa shape index (κ3) is 2.64. The lowest BCUT2D eigenvalue weighted by molar-refractivity contribution is 0.881. The van der Waals surface area contributed by atoms with Gasteiger partial charge in [0.2, 0.25) is 0 Å². The van der Waals surface area contributed by atoms with E-state index in [9.17, 15) is 0 Å². The van der Waals surface area contributed by atoms with Gasteiger partial charge >= 0.3 is 0 Å². The number of hydrogen-bond donors (Lipinski definition) is 1. The highest BCUT2D eigenvalue weighted by Crippen LogP contribution is 2.25. The molecular formula is C16H14N4. The van der Waals surface area contributed by atoms with Crippen molar-refractivity contribution < 1.29 is 0 Å². The molecule has 1 aromatic heterocycles. The first-order valence-electron chi connectivity index (χ1n) is 6.40. The van der Waals surface area contributed by atoms with E-state index in [0.717, 1.165) is 16.7 Å². The van der Waals surface area contributed by atoms with Gasteiger partial charge in [-0.1, -0.05) is 60.2 Å². The summed E-state index contributed by atoms with van der Waals surface area (Å²) in [5.74, 6) is 0.574. The lowest BCUT2D eigenvalue weighted by Gasteiger charge is -2.08. The Hall–Kier alpha value is -2.75. The van der Waals surface area contributed by atoms with E-state index in [4.69, 9.17) is 0 Å². The molecule has 1 N–H and O–H groups in total. The topological polar surface area (TPSA) is 54.5 Å². The number of rotatable bonds is 3. The highest BCUT2D eigenvalue weighted by molar-refractivity contribution is 5.90. The second-order valence-electron chi connectivity index (χ2n) is 4.56. The van der Waals surface area contributed by atoms with Gasteiger partial charge in [0.1, 0.15) is 0 Å². The van der Waals surface area contributed by atoms with Gasteiger partial charge in [-0.3, -0.25) is 0 Å². The van der Waals surface area contributed by atoms with Crippen molar-refractivity contribution >= 4 is 11.6 Å². The fraction of sp³-hybridized carbons (Fsp3) is 0.0625. The van der Waals surface area contributed by atoms with Crippen LogP contribution in [-0.2, 0) is 0 Å². The lowest BCUT2D eigenvalue weighted by Crippen LogP contribution is -1.89. The minimum atomic E-state index is 0.574. The third-order valence-electron chi connectivity index (χ3n) is 3.08. The Labute approximate surface area is 117 Å². The van der Waals surface area contributed by atoms with Crippen LogP contribution < -0.4 is 0 Å². The first kappa shape index (κ1) is 12.3. The Bertz CT molecular complexity index is 698. The maximum absolute atomic E-state index is 4.00. The summed E-state index contributed by atoms with van der Waals surface area (Å²) >= 11 is 0.